The van der Waals surface area contributed by atoms with E-state index in [1.165, 1.54) is 4.63 Å². The number of anilines is 1. The molecule has 0 amide bonds. The Labute approximate surface area is 92.4 Å². The normalized spacial score (nSPS) is 21.7. The molecule has 1 atom stereocenters. The Hall–Kier alpha value is -1.76. The number of likely N-dealkylation sites (N-methyl/N-ethyl adjacent to an activating group) is 1. The molecule has 1 aliphatic rings. The molecular formula is C9H13N7. The number of rotatable bonds is 2. The lowest BCUT2D eigenvalue weighted by atomic mass is 10.2. The number of tetrazole rings is 1. The van der Waals surface area contributed by atoms with Gasteiger partial charge in [0.15, 0.2) is 5.65 Å². The summed E-state index contributed by atoms with van der Waals surface area (Å²) in [6.45, 7) is 2.18. The lowest BCUT2D eigenvalue weighted by Crippen LogP contribution is -2.24. The first-order chi connectivity index (χ1) is 7.81. The highest BCUT2D eigenvalue weighted by molar-refractivity contribution is 5.42. The third kappa shape index (κ3) is 1.69. The van der Waals surface area contributed by atoms with Gasteiger partial charge in [-0.25, -0.2) is 0 Å². The van der Waals surface area contributed by atoms with Gasteiger partial charge >= 0.3 is 0 Å². The van der Waals surface area contributed by atoms with Gasteiger partial charge in [-0.15, -0.1) is 14.8 Å². The summed E-state index contributed by atoms with van der Waals surface area (Å²) in [6, 6.07) is 4.23. The van der Waals surface area contributed by atoms with E-state index in [0.29, 0.717) is 11.7 Å². The molecule has 0 radical (unpaired) electrons. The van der Waals surface area contributed by atoms with E-state index >= 15 is 0 Å². The van der Waals surface area contributed by atoms with E-state index in [2.05, 4.69) is 37.9 Å². The van der Waals surface area contributed by atoms with Gasteiger partial charge in [-0.1, -0.05) is 0 Å². The molecule has 1 unspecified atom stereocenters. The summed E-state index contributed by atoms with van der Waals surface area (Å²) in [5.41, 5.74) is 0.661. The molecule has 1 N–H and O–H groups in total. The summed E-state index contributed by atoms with van der Waals surface area (Å²) in [7, 11) is 2.12. The van der Waals surface area contributed by atoms with Gasteiger partial charge in [0.1, 0.15) is 5.82 Å². The Balaban J connectivity index is 1.78. The van der Waals surface area contributed by atoms with Gasteiger partial charge in [0, 0.05) is 12.6 Å². The molecule has 0 spiro atoms. The van der Waals surface area contributed by atoms with Crippen molar-refractivity contribution in [1.82, 2.24) is 30.2 Å². The Kier molecular flexibility index (Phi) is 2.17. The molecule has 7 heteroatoms. The zero-order chi connectivity index (χ0) is 11.0. The minimum Gasteiger partial charge on any atom is -0.365 e. The minimum absolute atomic E-state index is 0.464. The van der Waals surface area contributed by atoms with E-state index in [4.69, 9.17) is 0 Å². The predicted molar refractivity (Wildman–Crippen MR) is 58.1 cm³/mol. The molecule has 0 aromatic carbocycles. The number of hydrogen-bond donors (Lipinski definition) is 1. The van der Waals surface area contributed by atoms with Crippen molar-refractivity contribution in [2.45, 2.75) is 12.5 Å². The van der Waals surface area contributed by atoms with Crippen LogP contribution < -0.4 is 5.32 Å². The first-order valence-electron chi connectivity index (χ1n) is 5.32. The topological polar surface area (TPSA) is 71.2 Å². The van der Waals surface area contributed by atoms with Crippen molar-refractivity contribution in [2.24, 2.45) is 0 Å². The summed E-state index contributed by atoms with van der Waals surface area (Å²) < 4.78 is 1.43. The molecule has 1 aliphatic heterocycles. The fraction of sp³-hybridized carbons (Fsp3) is 0.556. The third-order valence-electron chi connectivity index (χ3n) is 2.81. The highest BCUT2D eigenvalue weighted by atomic mass is 15.6. The number of aromatic nitrogens is 5. The average Bonchev–Trinajstić information content (AvgIpc) is 2.87. The van der Waals surface area contributed by atoms with Crippen LogP contribution in [0.3, 0.4) is 0 Å². The smallest absolute Gasteiger partial charge is 0.200 e. The van der Waals surface area contributed by atoms with Crippen LogP contribution in [0.4, 0.5) is 5.82 Å². The molecule has 3 rings (SSSR count). The molecule has 2 aromatic heterocycles. The molecule has 1 fully saturated rings. The molecule has 0 saturated carbocycles. The maximum Gasteiger partial charge on any atom is 0.200 e. The quantitative estimate of drug-likeness (QED) is 0.743. The van der Waals surface area contributed by atoms with Crippen molar-refractivity contribution in [2.75, 3.05) is 25.5 Å². The van der Waals surface area contributed by atoms with Crippen LogP contribution in [0.5, 0.6) is 0 Å². The molecule has 7 nitrogen and oxygen atoms in total. The van der Waals surface area contributed by atoms with Crippen molar-refractivity contribution < 1.29 is 0 Å². The van der Waals surface area contributed by atoms with Crippen LogP contribution in [-0.2, 0) is 0 Å². The standard InChI is InChI=1S/C9H13N7/c1-15-5-4-7(6-15)10-8-2-3-9-11-13-14-16(9)12-8/h2-3,7H,4-6H2,1H3,(H,10,12). The summed E-state index contributed by atoms with van der Waals surface area (Å²) in [5.74, 6) is 0.820. The molecule has 0 aliphatic carbocycles. The van der Waals surface area contributed by atoms with Crippen LogP contribution in [0.25, 0.3) is 5.65 Å². The maximum absolute atomic E-state index is 4.27. The average molecular weight is 219 g/mol. The van der Waals surface area contributed by atoms with E-state index in [1.807, 2.05) is 12.1 Å². The van der Waals surface area contributed by atoms with Gasteiger partial charge in [-0.05, 0) is 42.6 Å². The predicted octanol–water partition coefficient (Wildman–Crippen LogP) is -0.365. The van der Waals surface area contributed by atoms with Crippen LogP contribution in [0.15, 0.2) is 12.1 Å². The van der Waals surface area contributed by atoms with Gasteiger partial charge in [0.05, 0.1) is 0 Å². The summed E-state index contributed by atoms with van der Waals surface area (Å²) in [5, 5.41) is 18.8. The molecule has 84 valence electrons. The molecular weight excluding hydrogens is 206 g/mol. The maximum atomic E-state index is 4.27. The van der Waals surface area contributed by atoms with E-state index in [-0.39, 0.29) is 0 Å². The Morgan fingerprint density at radius 2 is 2.38 bits per heavy atom. The highest BCUT2D eigenvalue weighted by Gasteiger charge is 2.19. The SMILES string of the molecule is CN1CCC(Nc2ccc3nnnn3n2)C1. The van der Waals surface area contributed by atoms with Crippen molar-refractivity contribution in [1.29, 1.82) is 0 Å². The fourth-order valence-electron chi connectivity index (χ4n) is 1.99. The number of nitrogens with zero attached hydrogens (tertiary/aromatic N) is 6. The van der Waals surface area contributed by atoms with Crippen LogP contribution in [0, 0.1) is 0 Å². The number of hydrogen-bond acceptors (Lipinski definition) is 6. The van der Waals surface area contributed by atoms with E-state index in [0.717, 1.165) is 25.3 Å². The fourth-order valence-corrected chi connectivity index (χ4v) is 1.99. The monoisotopic (exact) mass is 219 g/mol. The summed E-state index contributed by atoms with van der Waals surface area (Å²) >= 11 is 0. The van der Waals surface area contributed by atoms with Gasteiger partial charge in [-0.2, -0.15) is 0 Å². The summed E-state index contributed by atoms with van der Waals surface area (Å²) in [6.07, 6.45) is 1.14. The molecule has 3 heterocycles. The van der Waals surface area contributed by atoms with Crippen molar-refractivity contribution in [3.8, 4) is 0 Å². The second-order valence-corrected chi connectivity index (χ2v) is 4.14. The third-order valence-corrected chi connectivity index (χ3v) is 2.81. The Morgan fingerprint density at radius 1 is 1.44 bits per heavy atom. The van der Waals surface area contributed by atoms with Gasteiger partial charge in [0.25, 0.3) is 0 Å². The molecule has 16 heavy (non-hydrogen) atoms. The molecule has 1 saturated heterocycles. The molecule has 0 bridgehead atoms. The number of likely N-dealkylation sites (tertiary alicyclic amines) is 1. The van der Waals surface area contributed by atoms with E-state index in [1.54, 1.807) is 0 Å². The first-order valence-corrected chi connectivity index (χ1v) is 5.32. The second-order valence-electron chi connectivity index (χ2n) is 4.14. The largest absolute Gasteiger partial charge is 0.365 e. The highest BCUT2D eigenvalue weighted by Crippen LogP contribution is 2.12. The van der Waals surface area contributed by atoms with E-state index in [9.17, 15) is 0 Å². The van der Waals surface area contributed by atoms with Crippen LogP contribution >= 0.6 is 0 Å². The zero-order valence-electron chi connectivity index (χ0n) is 9.04. The van der Waals surface area contributed by atoms with E-state index < -0.39 is 0 Å². The Morgan fingerprint density at radius 3 is 3.19 bits per heavy atom. The van der Waals surface area contributed by atoms with Crippen LogP contribution in [-0.4, -0.2) is 56.3 Å². The number of nitrogens with one attached hydrogen (secondary N) is 1. The van der Waals surface area contributed by atoms with Gasteiger partial charge < -0.3 is 10.2 Å². The van der Waals surface area contributed by atoms with Crippen molar-refractivity contribution >= 4 is 11.5 Å². The second kappa shape index (κ2) is 3.67. The minimum atomic E-state index is 0.464. The Bertz CT molecular complexity index is 493. The van der Waals surface area contributed by atoms with Crippen LogP contribution in [0.1, 0.15) is 6.42 Å². The van der Waals surface area contributed by atoms with Crippen molar-refractivity contribution in [3.63, 3.8) is 0 Å². The van der Waals surface area contributed by atoms with Gasteiger partial charge in [0.2, 0.25) is 0 Å². The zero-order valence-corrected chi connectivity index (χ0v) is 9.04. The van der Waals surface area contributed by atoms with Crippen LogP contribution in [0.2, 0.25) is 0 Å². The molecule has 2 aromatic rings. The van der Waals surface area contributed by atoms with Crippen molar-refractivity contribution in [3.05, 3.63) is 12.1 Å². The van der Waals surface area contributed by atoms with Gasteiger partial charge in [-0.3, -0.25) is 0 Å². The number of fused-ring (bicyclic) bond motifs is 1. The lowest BCUT2D eigenvalue weighted by molar-refractivity contribution is 0.414. The lowest BCUT2D eigenvalue weighted by Gasteiger charge is -2.12. The summed E-state index contributed by atoms with van der Waals surface area (Å²) in [4.78, 5) is 2.30. The first kappa shape index (κ1) is 9.46.